The van der Waals surface area contributed by atoms with Gasteiger partial charge in [0.15, 0.2) is 5.03 Å². The Morgan fingerprint density at radius 2 is 1.86 bits per heavy atom. The first-order valence-corrected chi connectivity index (χ1v) is 7.22. The van der Waals surface area contributed by atoms with E-state index in [1.54, 1.807) is 0 Å². The van der Waals surface area contributed by atoms with Crippen LogP contribution in [0.1, 0.15) is 5.56 Å². The average Bonchev–Trinajstić information content (AvgIpc) is 2.01. The van der Waals surface area contributed by atoms with Gasteiger partial charge in [0.05, 0.1) is 26.8 Å². The molecule has 0 atom stereocenters. The third kappa shape index (κ3) is 2.80. The van der Waals surface area contributed by atoms with Gasteiger partial charge in [-0.15, -0.1) is 0 Å². The first kappa shape index (κ1) is 11.7. The Morgan fingerprint density at radius 1 is 1.29 bits per heavy atom. The van der Waals surface area contributed by atoms with Crippen LogP contribution in [0.15, 0.2) is 23.4 Å². The highest BCUT2D eigenvalue weighted by Crippen LogP contribution is 2.29. The molecule has 0 aromatic carbocycles. The molecule has 0 radical (unpaired) electrons. The van der Waals surface area contributed by atoms with E-state index in [0.29, 0.717) is 12.3 Å². The third-order valence-corrected chi connectivity index (χ3v) is 3.41. The number of hydrogen-bond donors (Lipinski definition) is 0. The fraction of sp³-hybridized carbons (Fsp3) is 0.167. The standard InChI is InChI=1S/C6H3F3INO2S/c7-6(8,9)4-1-2-5(11-3-4)14(10,12)13/h1-3H. The van der Waals surface area contributed by atoms with Crippen LogP contribution in [-0.4, -0.2) is 13.4 Å². The number of rotatable bonds is 1. The van der Waals surface area contributed by atoms with E-state index in [4.69, 9.17) is 0 Å². The summed E-state index contributed by atoms with van der Waals surface area (Å²) in [5.74, 6) is 0. The lowest BCUT2D eigenvalue weighted by Crippen LogP contribution is -2.06. The van der Waals surface area contributed by atoms with Crippen LogP contribution in [-0.2, 0) is 13.2 Å². The van der Waals surface area contributed by atoms with Crippen LogP contribution >= 0.6 is 21.2 Å². The van der Waals surface area contributed by atoms with Crippen LogP contribution in [0, 0.1) is 0 Å². The SMILES string of the molecule is O=S(=O)(I)c1ccc(C(F)(F)F)cn1. The van der Waals surface area contributed by atoms with Crippen molar-refractivity contribution in [2.75, 3.05) is 0 Å². The van der Waals surface area contributed by atoms with Crippen molar-refractivity contribution >= 4 is 28.2 Å². The lowest BCUT2D eigenvalue weighted by Gasteiger charge is -2.05. The van der Waals surface area contributed by atoms with Crippen LogP contribution in [0.2, 0.25) is 0 Å². The normalized spacial score (nSPS) is 12.9. The van der Waals surface area contributed by atoms with Gasteiger partial charge in [0.2, 0.25) is 7.01 Å². The van der Waals surface area contributed by atoms with Crippen molar-refractivity contribution in [3.63, 3.8) is 0 Å². The second kappa shape index (κ2) is 3.65. The Kier molecular flexibility index (Phi) is 3.04. The molecule has 8 heteroatoms. The van der Waals surface area contributed by atoms with E-state index in [1.807, 2.05) is 0 Å². The van der Waals surface area contributed by atoms with Gasteiger partial charge in [-0.05, 0) is 12.1 Å². The Labute approximate surface area is 89.8 Å². The second-order valence-corrected chi connectivity index (χ2v) is 7.09. The summed E-state index contributed by atoms with van der Waals surface area (Å²) in [6, 6.07) is 1.50. The molecule has 0 unspecified atom stereocenters. The summed E-state index contributed by atoms with van der Waals surface area (Å²) in [4.78, 5) is 3.20. The molecular formula is C6H3F3INO2S. The predicted molar refractivity (Wildman–Crippen MR) is 50.4 cm³/mol. The van der Waals surface area contributed by atoms with Crippen molar-refractivity contribution in [1.82, 2.24) is 4.98 Å². The van der Waals surface area contributed by atoms with E-state index in [2.05, 4.69) is 4.98 Å². The molecule has 0 amide bonds. The molecule has 1 heterocycles. The van der Waals surface area contributed by atoms with Crippen molar-refractivity contribution < 1.29 is 21.6 Å². The molecule has 14 heavy (non-hydrogen) atoms. The zero-order valence-electron chi connectivity index (χ0n) is 6.42. The van der Waals surface area contributed by atoms with Crippen LogP contribution in [0.4, 0.5) is 13.2 Å². The largest absolute Gasteiger partial charge is 0.417 e. The molecule has 78 valence electrons. The molecule has 3 nitrogen and oxygen atoms in total. The monoisotopic (exact) mass is 337 g/mol. The average molecular weight is 337 g/mol. The quantitative estimate of drug-likeness (QED) is 0.583. The van der Waals surface area contributed by atoms with Gasteiger partial charge < -0.3 is 0 Å². The first-order valence-electron chi connectivity index (χ1n) is 3.19. The zero-order valence-corrected chi connectivity index (χ0v) is 9.39. The summed E-state index contributed by atoms with van der Waals surface area (Å²) in [5.41, 5.74) is -0.971. The second-order valence-electron chi connectivity index (χ2n) is 2.32. The first-order chi connectivity index (χ1) is 6.21. The molecule has 0 aliphatic heterocycles. The van der Waals surface area contributed by atoms with Gasteiger partial charge in [-0.1, -0.05) is 0 Å². The van der Waals surface area contributed by atoms with Crippen molar-refractivity contribution in [3.8, 4) is 0 Å². The highest BCUT2D eigenvalue weighted by Gasteiger charge is 2.31. The van der Waals surface area contributed by atoms with Crippen molar-refractivity contribution in [2.24, 2.45) is 0 Å². The zero-order chi connectivity index (χ0) is 11.0. The highest BCUT2D eigenvalue weighted by atomic mass is 127. The molecule has 0 N–H and O–H groups in total. The molecule has 0 saturated heterocycles. The lowest BCUT2D eigenvalue weighted by molar-refractivity contribution is -0.137. The number of halogens is 4. The predicted octanol–water partition coefficient (Wildman–Crippen LogP) is 2.22. The van der Waals surface area contributed by atoms with E-state index in [-0.39, 0.29) is 5.03 Å². The molecule has 1 aromatic heterocycles. The Morgan fingerprint density at radius 3 is 2.14 bits per heavy atom. The van der Waals surface area contributed by atoms with E-state index in [1.165, 1.54) is 0 Å². The third-order valence-electron chi connectivity index (χ3n) is 1.31. The number of hydrogen-bond acceptors (Lipinski definition) is 3. The van der Waals surface area contributed by atoms with Crippen LogP contribution < -0.4 is 0 Å². The molecule has 0 aliphatic carbocycles. The molecule has 0 bridgehead atoms. The summed E-state index contributed by atoms with van der Waals surface area (Å²) in [5, 5.41) is -0.383. The number of aromatic nitrogens is 1. The smallest absolute Gasteiger partial charge is 0.243 e. The van der Waals surface area contributed by atoms with Gasteiger partial charge in [-0.3, -0.25) is 0 Å². The fourth-order valence-corrected chi connectivity index (χ4v) is 1.88. The Bertz CT molecular complexity index is 425. The van der Waals surface area contributed by atoms with E-state index in [0.717, 1.165) is 27.3 Å². The van der Waals surface area contributed by atoms with E-state index in [9.17, 15) is 21.6 Å². The van der Waals surface area contributed by atoms with Crippen LogP contribution in [0.3, 0.4) is 0 Å². The molecule has 0 saturated carbocycles. The summed E-state index contributed by atoms with van der Waals surface area (Å²) >= 11 is 1.10. The summed E-state index contributed by atoms with van der Waals surface area (Å²) < 4.78 is 57.7. The highest BCUT2D eigenvalue weighted by molar-refractivity contribution is 14.2. The van der Waals surface area contributed by atoms with Gasteiger partial charge in [0, 0.05) is 6.20 Å². The molecule has 1 rings (SSSR count). The van der Waals surface area contributed by atoms with Crippen LogP contribution in [0.5, 0.6) is 0 Å². The number of alkyl halides is 3. The molecule has 0 aliphatic rings. The number of pyridine rings is 1. The van der Waals surface area contributed by atoms with E-state index < -0.39 is 18.7 Å². The molecule has 1 aromatic rings. The molecule has 0 fully saturated rings. The maximum atomic E-state index is 12.0. The number of nitrogens with zero attached hydrogens (tertiary/aromatic N) is 1. The molecular weight excluding hydrogens is 334 g/mol. The van der Waals surface area contributed by atoms with E-state index >= 15 is 0 Å². The van der Waals surface area contributed by atoms with Gasteiger partial charge in [-0.2, -0.15) is 13.2 Å². The van der Waals surface area contributed by atoms with Gasteiger partial charge in [0.1, 0.15) is 0 Å². The maximum Gasteiger partial charge on any atom is 0.417 e. The minimum Gasteiger partial charge on any atom is -0.243 e. The summed E-state index contributed by atoms with van der Waals surface area (Å²) in [6.45, 7) is 0. The minimum atomic E-state index is -4.50. The minimum absolute atomic E-state index is 0.383. The summed E-state index contributed by atoms with van der Waals surface area (Å²) in [6.07, 6.45) is -4.01. The topological polar surface area (TPSA) is 47.0 Å². The van der Waals surface area contributed by atoms with Crippen LogP contribution in [0.25, 0.3) is 0 Å². The van der Waals surface area contributed by atoms with Crippen molar-refractivity contribution in [1.29, 1.82) is 0 Å². The Balaban J connectivity index is 3.14. The summed E-state index contributed by atoms with van der Waals surface area (Å²) in [7, 11) is -3.57. The molecule has 0 spiro atoms. The lowest BCUT2D eigenvalue weighted by atomic mass is 10.3. The van der Waals surface area contributed by atoms with Gasteiger partial charge in [-0.25, -0.2) is 13.4 Å². The maximum absolute atomic E-state index is 12.0. The van der Waals surface area contributed by atoms with Gasteiger partial charge in [0.25, 0.3) is 0 Å². The fourth-order valence-electron chi connectivity index (χ4n) is 0.692. The van der Waals surface area contributed by atoms with Gasteiger partial charge >= 0.3 is 6.18 Å². The van der Waals surface area contributed by atoms with Crippen molar-refractivity contribution in [2.45, 2.75) is 11.2 Å². The Hall–Kier alpha value is -0.380. The van der Waals surface area contributed by atoms with Crippen molar-refractivity contribution in [3.05, 3.63) is 23.9 Å².